The number of nitrogens with one attached hydrogen (secondary N) is 1. The number of hydrogen-bond donors (Lipinski definition) is 2. The van der Waals surface area contributed by atoms with E-state index in [4.69, 9.17) is 5.11 Å². The summed E-state index contributed by atoms with van der Waals surface area (Å²) in [5.41, 5.74) is 0.195. The second kappa shape index (κ2) is 5.70. The van der Waals surface area contributed by atoms with Crippen molar-refractivity contribution in [2.75, 3.05) is 0 Å². The lowest BCUT2D eigenvalue weighted by molar-refractivity contribution is 0.0696. The quantitative estimate of drug-likeness (QED) is 0.846. The predicted molar refractivity (Wildman–Crippen MR) is 82.8 cm³/mol. The van der Waals surface area contributed by atoms with E-state index in [1.807, 2.05) is 0 Å². The molecule has 0 heterocycles. The molecule has 2 N–H and O–H groups in total. The van der Waals surface area contributed by atoms with Gasteiger partial charge < -0.3 is 5.11 Å². The van der Waals surface area contributed by atoms with Gasteiger partial charge in [0.25, 0.3) is 0 Å². The molecule has 0 saturated heterocycles. The summed E-state index contributed by atoms with van der Waals surface area (Å²) in [7, 11) is -3.66. The average molecular weight is 376 g/mol. The summed E-state index contributed by atoms with van der Waals surface area (Å²) < 4.78 is 27.8. The Hall–Kier alpha value is -0.920. The van der Waals surface area contributed by atoms with E-state index in [1.165, 1.54) is 18.2 Å². The highest BCUT2D eigenvalue weighted by Crippen LogP contribution is 2.37. The van der Waals surface area contributed by atoms with Gasteiger partial charge in [-0.3, -0.25) is 0 Å². The predicted octanol–water partition coefficient (Wildman–Crippen LogP) is 3.00. The van der Waals surface area contributed by atoms with E-state index in [1.54, 1.807) is 0 Å². The summed E-state index contributed by atoms with van der Waals surface area (Å²) >= 11 is 3.14. The molecule has 2 rings (SSSR count). The SMILES string of the molecule is CC1(C)CCC(NS(=O)(=O)c2ccc(C(=O)O)cc2Br)C1. The number of hydrogen-bond acceptors (Lipinski definition) is 3. The zero-order valence-electron chi connectivity index (χ0n) is 11.9. The van der Waals surface area contributed by atoms with Crippen LogP contribution in [-0.4, -0.2) is 25.5 Å². The van der Waals surface area contributed by atoms with Crippen LogP contribution in [0.3, 0.4) is 0 Å². The Kier molecular flexibility index (Phi) is 4.46. The number of halogens is 1. The topological polar surface area (TPSA) is 83.5 Å². The van der Waals surface area contributed by atoms with Gasteiger partial charge in [0.1, 0.15) is 0 Å². The summed E-state index contributed by atoms with van der Waals surface area (Å²) in [6, 6.07) is 3.84. The molecule has 1 atom stereocenters. The minimum Gasteiger partial charge on any atom is -0.478 e. The molecule has 0 aromatic heterocycles. The fraction of sp³-hybridized carbons (Fsp3) is 0.500. The van der Waals surface area contributed by atoms with E-state index in [-0.39, 0.29) is 26.4 Å². The van der Waals surface area contributed by atoms with Crippen LogP contribution >= 0.6 is 15.9 Å². The van der Waals surface area contributed by atoms with Gasteiger partial charge in [-0.2, -0.15) is 0 Å². The number of carboxylic acids is 1. The zero-order chi connectivity index (χ0) is 15.8. The monoisotopic (exact) mass is 375 g/mol. The van der Waals surface area contributed by atoms with Crippen LogP contribution in [0.5, 0.6) is 0 Å². The molecule has 1 saturated carbocycles. The summed E-state index contributed by atoms with van der Waals surface area (Å²) in [4.78, 5) is 10.9. The molecule has 116 valence electrons. The lowest BCUT2D eigenvalue weighted by atomic mass is 9.92. The number of carboxylic acid groups (broad SMARTS) is 1. The number of benzene rings is 1. The van der Waals surface area contributed by atoms with Crippen molar-refractivity contribution in [3.05, 3.63) is 28.2 Å². The molecule has 21 heavy (non-hydrogen) atoms. The van der Waals surface area contributed by atoms with Crippen LogP contribution in [-0.2, 0) is 10.0 Å². The Morgan fingerprint density at radius 2 is 2.10 bits per heavy atom. The fourth-order valence-electron chi connectivity index (χ4n) is 2.67. The van der Waals surface area contributed by atoms with Gasteiger partial charge in [0, 0.05) is 10.5 Å². The third-order valence-corrected chi connectivity index (χ3v) is 6.26. The highest BCUT2D eigenvalue weighted by atomic mass is 79.9. The third-order valence-electron chi connectivity index (χ3n) is 3.76. The molecule has 5 nitrogen and oxygen atoms in total. The lowest BCUT2D eigenvalue weighted by Crippen LogP contribution is -2.33. The van der Waals surface area contributed by atoms with Crippen LogP contribution in [0, 0.1) is 5.41 Å². The van der Waals surface area contributed by atoms with Gasteiger partial charge in [0.05, 0.1) is 10.5 Å². The van der Waals surface area contributed by atoms with Crippen molar-refractivity contribution in [3.8, 4) is 0 Å². The summed E-state index contributed by atoms with van der Waals surface area (Å²) in [5, 5.41) is 8.90. The van der Waals surface area contributed by atoms with Gasteiger partial charge in [-0.15, -0.1) is 0 Å². The largest absolute Gasteiger partial charge is 0.478 e. The lowest BCUT2D eigenvalue weighted by Gasteiger charge is -2.18. The molecule has 0 spiro atoms. The molecule has 7 heteroatoms. The number of rotatable bonds is 4. The van der Waals surface area contributed by atoms with E-state index in [9.17, 15) is 13.2 Å². The van der Waals surface area contributed by atoms with Crippen LogP contribution in [0.25, 0.3) is 0 Å². The van der Waals surface area contributed by atoms with Crippen LogP contribution in [0.2, 0.25) is 0 Å². The molecule has 0 amide bonds. The Bertz CT molecular complexity index is 670. The first-order chi connectivity index (χ1) is 9.61. The zero-order valence-corrected chi connectivity index (χ0v) is 14.3. The first-order valence-corrected chi connectivity index (χ1v) is 8.93. The molecule has 0 radical (unpaired) electrons. The highest BCUT2D eigenvalue weighted by molar-refractivity contribution is 9.10. The second-order valence-corrected chi connectivity index (χ2v) is 8.71. The minimum absolute atomic E-state index is 0.0443. The van der Waals surface area contributed by atoms with Crippen molar-refractivity contribution in [1.29, 1.82) is 0 Å². The van der Waals surface area contributed by atoms with Crippen molar-refractivity contribution in [1.82, 2.24) is 4.72 Å². The smallest absolute Gasteiger partial charge is 0.335 e. The Morgan fingerprint density at radius 1 is 1.43 bits per heavy atom. The molecule has 1 fully saturated rings. The Morgan fingerprint density at radius 3 is 2.57 bits per heavy atom. The van der Waals surface area contributed by atoms with Gasteiger partial charge >= 0.3 is 5.97 Å². The van der Waals surface area contributed by atoms with E-state index in [0.717, 1.165) is 19.3 Å². The summed E-state index contributed by atoms with van der Waals surface area (Å²) in [6.07, 6.45) is 2.60. The van der Waals surface area contributed by atoms with Gasteiger partial charge in [-0.05, 0) is 58.8 Å². The number of aromatic carboxylic acids is 1. The summed E-state index contributed by atoms with van der Waals surface area (Å²) in [6.45, 7) is 4.25. The number of sulfonamides is 1. The van der Waals surface area contributed by atoms with E-state index in [0.29, 0.717) is 0 Å². The molecule has 1 aromatic carbocycles. The van der Waals surface area contributed by atoms with Crippen molar-refractivity contribution >= 4 is 31.9 Å². The fourth-order valence-corrected chi connectivity index (χ4v) is 5.02. The van der Waals surface area contributed by atoms with E-state index >= 15 is 0 Å². The standard InChI is InChI=1S/C14H18BrNO4S/c1-14(2)6-5-10(8-14)16-21(19,20)12-4-3-9(13(17)18)7-11(12)15/h3-4,7,10,16H,5-6,8H2,1-2H3,(H,17,18). The van der Waals surface area contributed by atoms with Crippen LogP contribution in [0.1, 0.15) is 43.5 Å². The molecule has 1 aromatic rings. The number of carbonyl (C=O) groups is 1. The average Bonchev–Trinajstić information content (AvgIpc) is 2.67. The van der Waals surface area contributed by atoms with Crippen molar-refractivity contribution in [3.63, 3.8) is 0 Å². The van der Waals surface area contributed by atoms with Crippen molar-refractivity contribution in [2.24, 2.45) is 5.41 Å². The molecule has 1 aliphatic rings. The van der Waals surface area contributed by atoms with Gasteiger partial charge in [-0.1, -0.05) is 13.8 Å². The van der Waals surface area contributed by atoms with Crippen molar-refractivity contribution in [2.45, 2.75) is 44.0 Å². The summed E-state index contributed by atoms with van der Waals surface area (Å²) in [5.74, 6) is -1.09. The molecule has 1 unspecified atom stereocenters. The maximum absolute atomic E-state index is 12.4. The molecule has 0 aliphatic heterocycles. The minimum atomic E-state index is -3.66. The van der Waals surface area contributed by atoms with Crippen LogP contribution < -0.4 is 4.72 Å². The first-order valence-electron chi connectivity index (χ1n) is 6.66. The van der Waals surface area contributed by atoms with E-state index in [2.05, 4.69) is 34.5 Å². The van der Waals surface area contributed by atoms with Gasteiger partial charge in [0.2, 0.25) is 10.0 Å². The molecular weight excluding hydrogens is 358 g/mol. The second-order valence-electron chi connectivity index (χ2n) is 6.18. The van der Waals surface area contributed by atoms with Crippen molar-refractivity contribution < 1.29 is 18.3 Å². The van der Waals surface area contributed by atoms with Gasteiger partial charge in [0.15, 0.2) is 0 Å². The van der Waals surface area contributed by atoms with Crippen LogP contribution in [0.4, 0.5) is 0 Å². The maximum atomic E-state index is 12.4. The van der Waals surface area contributed by atoms with Gasteiger partial charge in [-0.25, -0.2) is 17.9 Å². The van der Waals surface area contributed by atoms with E-state index < -0.39 is 16.0 Å². The highest BCUT2D eigenvalue weighted by Gasteiger charge is 2.34. The normalized spacial score (nSPS) is 21.4. The van der Waals surface area contributed by atoms with Crippen LogP contribution in [0.15, 0.2) is 27.6 Å². The molecule has 0 bridgehead atoms. The Labute approximate surface area is 132 Å². The Balaban J connectivity index is 2.22. The maximum Gasteiger partial charge on any atom is 0.335 e. The molecular formula is C14H18BrNO4S. The third kappa shape index (κ3) is 3.84. The molecule has 1 aliphatic carbocycles. The first kappa shape index (κ1) is 16.5.